The van der Waals surface area contributed by atoms with Gasteiger partial charge in [0.15, 0.2) is 0 Å². The summed E-state index contributed by atoms with van der Waals surface area (Å²) >= 11 is 1.49. The zero-order chi connectivity index (χ0) is 22.1. The zero-order valence-corrected chi connectivity index (χ0v) is 18.2. The van der Waals surface area contributed by atoms with Crippen molar-refractivity contribution in [2.45, 2.75) is 32.2 Å². The Kier molecular flexibility index (Phi) is 5.39. The Morgan fingerprint density at radius 3 is 2.81 bits per heavy atom. The number of anilines is 1. The molecule has 4 heterocycles. The molecule has 2 amide bonds. The first kappa shape index (κ1) is 20.3. The molecule has 10 nitrogen and oxygen atoms in total. The Labute approximate surface area is 187 Å². The number of aromatic nitrogens is 5. The Bertz CT molecular complexity index is 1270. The van der Waals surface area contributed by atoms with Gasteiger partial charge in [0.1, 0.15) is 22.5 Å². The van der Waals surface area contributed by atoms with E-state index >= 15 is 0 Å². The first-order valence-electron chi connectivity index (χ1n) is 10.4. The molecule has 0 saturated carbocycles. The third-order valence-electron chi connectivity index (χ3n) is 5.64. The van der Waals surface area contributed by atoms with Gasteiger partial charge in [-0.15, -0.1) is 11.3 Å². The minimum atomic E-state index is -0.243. The molecule has 3 aromatic heterocycles. The second-order valence-corrected chi connectivity index (χ2v) is 8.48. The second-order valence-electron chi connectivity index (χ2n) is 7.59. The monoisotopic (exact) mass is 451 g/mol. The average Bonchev–Trinajstić information content (AvgIpc) is 3.58. The summed E-state index contributed by atoms with van der Waals surface area (Å²) in [5.74, 6) is 0.612. The van der Waals surface area contributed by atoms with E-state index in [4.69, 9.17) is 4.63 Å². The van der Waals surface area contributed by atoms with Gasteiger partial charge in [-0.2, -0.15) is 5.10 Å². The first-order valence-corrected chi connectivity index (χ1v) is 11.3. The molecule has 0 unspecified atom stereocenters. The fraction of sp³-hybridized carbons (Fsp3) is 0.333. The minimum absolute atomic E-state index is 0.0277. The van der Waals surface area contributed by atoms with Crippen LogP contribution in [0.25, 0.3) is 11.0 Å². The van der Waals surface area contributed by atoms with E-state index in [0.717, 1.165) is 17.8 Å². The molecule has 1 aliphatic rings. The van der Waals surface area contributed by atoms with Crippen molar-refractivity contribution in [3.05, 3.63) is 52.1 Å². The molecule has 0 aliphatic carbocycles. The molecule has 32 heavy (non-hydrogen) atoms. The molecule has 5 rings (SSSR count). The van der Waals surface area contributed by atoms with Crippen LogP contribution >= 0.6 is 11.3 Å². The smallest absolute Gasteiger partial charge is 0.276 e. The molecular weight excluding hydrogens is 430 g/mol. The zero-order valence-electron chi connectivity index (χ0n) is 17.4. The highest BCUT2D eigenvalue weighted by molar-refractivity contribution is 7.10. The van der Waals surface area contributed by atoms with E-state index in [1.807, 2.05) is 11.8 Å². The summed E-state index contributed by atoms with van der Waals surface area (Å²) in [5.41, 5.74) is 2.18. The fourth-order valence-electron chi connectivity index (χ4n) is 3.88. The Morgan fingerprint density at radius 2 is 2.00 bits per heavy atom. The molecule has 164 valence electrons. The number of fused-ring (bicyclic) bond motifs is 1. The van der Waals surface area contributed by atoms with E-state index in [-0.39, 0.29) is 17.7 Å². The number of carbonyl (C=O) groups excluding carboxylic acids is 2. The lowest BCUT2D eigenvalue weighted by atomic mass is 9.97. The van der Waals surface area contributed by atoms with Crippen LogP contribution in [0.4, 0.5) is 5.82 Å². The van der Waals surface area contributed by atoms with E-state index < -0.39 is 0 Å². The number of nitrogens with zero attached hydrogens (tertiary/aromatic N) is 6. The number of thiazole rings is 1. The van der Waals surface area contributed by atoms with E-state index in [1.165, 1.54) is 11.3 Å². The summed E-state index contributed by atoms with van der Waals surface area (Å²) in [6, 6.07) is 6.95. The average molecular weight is 452 g/mol. The third kappa shape index (κ3) is 3.86. The Hall–Kier alpha value is -3.60. The van der Waals surface area contributed by atoms with Gasteiger partial charge < -0.3 is 10.2 Å². The van der Waals surface area contributed by atoms with Crippen molar-refractivity contribution in [3.63, 3.8) is 0 Å². The molecule has 1 aliphatic heterocycles. The standard InChI is InChI=1S/C21H21N7O3S/c1-2-28-18(5-8-22-28)24-19(29)17-12-32-20(23-17)13-6-9-27(10-7-13)21(30)14-3-4-15-16(11-14)26-31-25-15/h3-5,8,11-13H,2,6-7,9-10H2,1H3,(H,24,29). The molecule has 1 fully saturated rings. The maximum atomic E-state index is 12.9. The van der Waals surface area contributed by atoms with Gasteiger partial charge in [0.05, 0.1) is 11.2 Å². The number of piperidine rings is 1. The molecule has 0 bridgehead atoms. The third-order valence-corrected chi connectivity index (χ3v) is 6.65. The number of carbonyl (C=O) groups is 2. The molecule has 1 N–H and O–H groups in total. The van der Waals surface area contributed by atoms with Crippen LogP contribution in [-0.4, -0.2) is 54.9 Å². The number of nitrogens with one attached hydrogen (secondary N) is 1. The summed E-state index contributed by atoms with van der Waals surface area (Å²) in [6.45, 7) is 3.90. The largest absolute Gasteiger partial charge is 0.339 e. The van der Waals surface area contributed by atoms with Crippen LogP contribution in [0, 0.1) is 0 Å². The summed E-state index contributed by atoms with van der Waals surface area (Å²) < 4.78 is 6.42. The lowest BCUT2D eigenvalue weighted by Gasteiger charge is -2.31. The summed E-state index contributed by atoms with van der Waals surface area (Å²) in [6.07, 6.45) is 3.26. The number of aryl methyl sites for hydroxylation is 1. The van der Waals surface area contributed by atoms with Crippen molar-refractivity contribution in [3.8, 4) is 0 Å². The van der Waals surface area contributed by atoms with Crippen molar-refractivity contribution < 1.29 is 14.2 Å². The van der Waals surface area contributed by atoms with Gasteiger partial charge in [-0.05, 0) is 48.3 Å². The molecule has 11 heteroatoms. The van der Waals surface area contributed by atoms with Crippen LogP contribution in [0.3, 0.4) is 0 Å². The Balaban J connectivity index is 1.20. The van der Waals surface area contributed by atoms with Gasteiger partial charge in [-0.3, -0.25) is 9.59 Å². The van der Waals surface area contributed by atoms with E-state index in [2.05, 4.69) is 25.7 Å². The highest BCUT2D eigenvalue weighted by Gasteiger charge is 2.27. The van der Waals surface area contributed by atoms with Crippen LogP contribution < -0.4 is 5.32 Å². The maximum absolute atomic E-state index is 12.9. The maximum Gasteiger partial charge on any atom is 0.276 e. The molecule has 1 aromatic carbocycles. The van der Waals surface area contributed by atoms with Crippen LogP contribution in [0.1, 0.15) is 51.5 Å². The fourth-order valence-corrected chi connectivity index (χ4v) is 4.85. The predicted molar refractivity (Wildman–Crippen MR) is 118 cm³/mol. The molecular formula is C21H21N7O3S. The molecule has 1 saturated heterocycles. The van der Waals surface area contributed by atoms with Gasteiger partial charge in [0, 0.05) is 42.6 Å². The number of amides is 2. The lowest BCUT2D eigenvalue weighted by molar-refractivity contribution is 0.0713. The van der Waals surface area contributed by atoms with Crippen molar-refractivity contribution in [1.82, 2.24) is 30.0 Å². The van der Waals surface area contributed by atoms with Crippen molar-refractivity contribution in [1.29, 1.82) is 0 Å². The van der Waals surface area contributed by atoms with Gasteiger partial charge in [0.25, 0.3) is 11.8 Å². The number of likely N-dealkylation sites (tertiary alicyclic amines) is 1. The summed E-state index contributed by atoms with van der Waals surface area (Å²) in [4.78, 5) is 31.9. The predicted octanol–water partition coefficient (Wildman–Crippen LogP) is 3.17. The quantitative estimate of drug-likeness (QED) is 0.495. The highest BCUT2D eigenvalue weighted by Crippen LogP contribution is 2.31. The van der Waals surface area contributed by atoms with E-state index in [0.29, 0.717) is 47.7 Å². The van der Waals surface area contributed by atoms with Crippen molar-refractivity contribution in [2.75, 3.05) is 18.4 Å². The van der Waals surface area contributed by atoms with Gasteiger partial charge in [-0.1, -0.05) is 0 Å². The number of hydrogen-bond donors (Lipinski definition) is 1. The van der Waals surface area contributed by atoms with Gasteiger partial charge in [0.2, 0.25) is 0 Å². The Morgan fingerprint density at radius 1 is 1.19 bits per heavy atom. The van der Waals surface area contributed by atoms with Crippen LogP contribution in [0.15, 0.2) is 40.5 Å². The van der Waals surface area contributed by atoms with E-state index in [1.54, 1.807) is 40.5 Å². The molecule has 4 aromatic rings. The van der Waals surface area contributed by atoms with Crippen LogP contribution in [0.2, 0.25) is 0 Å². The van der Waals surface area contributed by atoms with Crippen molar-refractivity contribution >= 4 is 40.0 Å². The normalized spacial score (nSPS) is 14.7. The topological polar surface area (TPSA) is 119 Å². The van der Waals surface area contributed by atoms with Crippen molar-refractivity contribution in [2.24, 2.45) is 0 Å². The summed E-state index contributed by atoms with van der Waals surface area (Å²) in [7, 11) is 0. The van der Waals surface area contributed by atoms with Gasteiger partial charge >= 0.3 is 0 Å². The van der Waals surface area contributed by atoms with Gasteiger partial charge in [-0.25, -0.2) is 14.3 Å². The number of rotatable bonds is 5. The van der Waals surface area contributed by atoms with Crippen LogP contribution in [0.5, 0.6) is 0 Å². The van der Waals surface area contributed by atoms with Crippen LogP contribution in [-0.2, 0) is 6.54 Å². The summed E-state index contributed by atoms with van der Waals surface area (Å²) in [5, 5.41) is 17.3. The molecule has 0 spiro atoms. The highest BCUT2D eigenvalue weighted by atomic mass is 32.1. The number of hydrogen-bond acceptors (Lipinski definition) is 8. The SMILES string of the molecule is CCn1nccc1NC(=O)c1csc(C2CCN(C(=O)c3ccc4nonc4c3)CC2)n1. The number of benzene rings is 1. The molecule has 0 atom stereocenters. The second kappa shape index (κ2) is 8.50. The first-order chi connectivity index (χ1) is 15.6. The van der Waals surface area contributed by atoms with E-state index in [9.17, 15) is 9.59 Å². The lowest BCUT2D eigenvalue weighted by Crippen LogP contribution is -2.37. The minimum Gasteiger partial charge on any atom is -0.339 e. The molecule has 0 radical (unpaired) electrons.